The smallest absolute Gasteiger partial charge is 0.285 e. The first-order valence-electron chi connectivity index (χ1n) is 16.7. The molecule has 3 amide bonds. The first kappa shape index (κ1) is 37.1. The summed E-state index contributed by atoms with van der Waals surface area (Å²) < 4.78 is 29.3. The van der Waals surface area contributed by atoms with Gasteiger partial charge in [-0.3, -0.25) is 23.8 Å². The van der Waals surface area contributed by atoms with Crippen LogP contribution in [0.2, 0.25) is 0 Å². The number of hydroxylamine groups is 2. The Kier molecular flexibility index (Phi) is 11.6. The number of imide groups is 1. The van der Waals surface area contributed by atoms with E-state index in [2.05, 4.69) is 31.0 Å². The van der Waals surface area contributed by atoms with E-state index in [0.29, 0.717) is 16.7 Å². The van der Waals surface area contributed by atoms with Crippen LogP contribution in [-0.2, 0) is 23.4 Å². The topological polar surface area (TPSA) is 183 Å². The number of amides is 3. The lowest BCUT2D eigenvalue weighted by Crippen LogP contribution is -2.42. The van der Waals surface area contributed by atoms with Gasteiger partial charge in [0.05, 0.1) is 36.6 Å². The Hall–Kier alpha value is -4.72. The molecule has 5 atom stereocenters. The molecule has 52 heavy (non-hydrogen) atoms. The maximum Gasteiger partial charge on any atom is 0.285 e. The molecular formula is C35H39N8O8P. The zero-order valence-electron chi connectivity index (χ0n) is 29.3. The zero-order valence-corrected chi connectivity index (χ0v) is 30.2. The molecule has 0 spiro atoms. The van der Waals surface area contributed by atoms with E-state index in [4.69, 9.17) is 23.4 Å². The second kappa shape index (κ2) is 16.3. The molecule has 1 N–H and O–H groups in total. The number of ether oxygens (including phenoxy) is 2. The number of anilines is 1. The Bertz CT molecular complexity index is 1910. The molecule has 6 rings (SSSR count). The number of nitrogens with one attached hydrogen (secondary N) is 1. The third-order valence-electron chi connectivity index (χ3n) is 8.46. The van der Waals surface area contributed by atoms with Crippen molar-refractivity contribution in [3.63, 3.8) is 0 Å². The van der Waals surface area contributed by atoms with E-state index in [1.54, 1.807) is 53.1 Å². The number of carbonyl (C=O) groups excluding carboxylic acids is 3. The molecule has 2 aromatic carbocycles. The van der Waals surface area contributed by atoms with Gasteiger partial charge in [-0.1, -0.05) is 30.3 Å². The van der Waals surface area contributed by atoms with Crippen LogP contribution in [0.15, 0.2) is 67.3 Å². The molecular weight excluding hydrogens is 691 g/mol. The van der Waals surface area contributed by atoms with Crippen LogP contribution < -0.4 is 5.32 Å². The second-order valence-electron chi connectivity index (χ2n) is 12.5. The van der Waals surface area contributed by atoms with Crippen molar-refractivity contribution in [3.05, 3.63) is 83.9 Å². The van der Waals surface area contributed by atoms with Gasteiger partial charge in [-0.15, -0.1) is 5.06 Å². The van der Waals surface area contributed by atoms with Crippen molar-refractivity contribution >= 4 is 43.2 Å². The van der Waals surface area contributed by atoms with Crippen molar-refractivity contribution in [1.82, 2.24) is 29.3 Å². The van der Waals surface area contributed by atoms with Gasteiger partial charge in [-0.25, -0.2) is 19.6 Å². The summed E-state index contributed by atoms with van der Waals surface area (Å²) in [5.41, 5.74) is 1.56. The summed E-state index contributed by atoms with van der Waals surface area (Å²) in [5.74, 6) is -1.36. The summed E-state index contributed by atoms with van der Waals surface area (Å²) in [6, 6.07) is 17.3. The standard InChI is InChI=1S/C35H39N8O8P/c1-21(2)43(22(3)4)52(49-17-11-16-36)51-28-26(18-48-42-33(45)24-14-9-10-15-25(24)34(42)46)50-35(29(28)47-5)41-20-39-27-30(37-19-38-31(27)41)40-32(44)23-12-7-6-8-13-23/h6-10,12-15,19-22,26,28-29,35H,11,17-18H2,1-5H3,(H,37,38,40,44)/t26-,28-,29-,35-,52?/m1/s1. The molecule has 2 aliphatic rings. The lowest BCUT2D eigenvalue weighted by molar-refractivity contribution is -0.139. The Labute approximate surface area is 301 Å². The van der Waals surface area contributed by atoms with E-state index in [1.165, 1.54) is 19.8 Å². The number of benzene rings is 2. The maximum atomic E-state index is 13.2. The monoisotopic (exact) mass is 730 g/mol. The molecule has 1 saturated heterocycles. The molecule has 4 heterocycles. The van der Waals surface area contributed by atoms with Gasteiger partial charge in [0.15, 0.2) is 23.2 Å². The van der Waals surface area contributed by atoms with Gasteiger partial charge in [0, 0.05) is 24.8 Å². The fraction of sp³-hybridized carbons (Fsp3) is 0.400. The molecule has 0 aliphatic carbocycles. The summed E-state index contributed by atoms with van der Waals surface area (Å²) >= 11 is 0. The minimum absolute atomic E-state index is 0.000771. The number of hydrogen-bond acceptors (Lipinski definition) is 13. The number of fused-ring (bicyclic) bond motifs is 2. The molecule has 0 radical (unpaired) electrons. The minimum atomic E-state index is -1.79. The number of aromatic nitrogens is 4. The van der Waals surface area contributed by atoms with Crippen molar-refractivity contribution in [2.75, 3.05) is 25.6 Å². The summed E-state index contributed by atoms with van der Waals surface area (Å²) in [6.07, 6.45) is -0.571. The Morgan fingerprint density at radius 1 is 1.00 bits per heavy atom. The van der Waals surface area contributed by atoms with Gasteiger partial charge in [-0.2, -0.15) is 5.26 Å². The van der Waals surface area contributed by atoms with Crippen LogP contribution in [-0.4, -0.2) is 97.7 Å². The van der Waals surface area contributed by atoms with E-state index in [9.17, 15) is 19.6 Å². The maximum absolute atomic E-state index is 13.2. The van der Waals surface area contributed by atoms with Crippen LogP contribution in [0.4, 0.5) is 5.82 Å². The van der Waals surface area contributed by atoms with Crippen LogP contribution in [0.25, 0.3) is 11.2 Å². The third-order valence-corrected chi connectivity index (χ3v) is 10.6. The first-order valence-corrected chi connectivity index (χ1v) is 17.9. The van der Waals surface area contributed by atoms with Crippen molar-refractivity contribution in [1.29, 1.82) is 5.26 Å². The first-order chi connectivity index (χ1) is 25.1. The van der Waals surface area contributed by atoms with Crippen molar-refractivity contribution in [2.45, 2.75) is 70.7 Å². The normalized spacial score (nSPS) is 20.6. The highest BCUT2D eigenvalue weighted by Crippen LogP contribution is 2.50. The van der Waals surface area contributed by atoms with Crippen LogP contribution in [0, 0.1) is 11.3 Å². The van der Waals surface area contributed by atoms with Gasteiger partial charge in [0.2, 0.25) is 0 Å². The lowest BCUT2D eigenvalue weighted by Gasteiger charge is -2.38. The number of nitrogens with zero attached hydrogens (tertiary/aromatic N) is 7. The van der Waals surface area contributed by atoms with Crippen molar-refractivity contribution in [2.24, 2.45) is 0 Å². The highest BCUT2D eigenvalue weighted by atomic mass is 31.2. The molecule has 1 fully saturated rings. The van der Waals surface area contributed by atoms with Gasteiger partial charge in [0.1, 0.15) is 31.2 Å². The molecule has 2 aromatic heterocycles. The molecule has 16 nitrogen and oxygen atoms in total. The van der Waals surface area contributed by atoms with Crippen LogP contribution in [0.1, 0.15) is 71.4 Å². The lowest BCUT2D eigenvalue weighted by atomic mass is 10.1. The van der Waals surface area contributed by atoms with Gasteiger partial charge >= 0.3 is 0 Å². The molecule has 1 unspecified atom stereocenters. The Morgan fingerprint density at radius 2 is 1.67 bits per heavy atom. The van der Waals surface area contributed by atoms with Gasteiger partial charge in [-0.05, 0) is 52.0 Å². The quantitative estimate of drug-likeness (QED) is 0.0993. The molecule has 17 heteroatoms. The summed E-state index contributed by atoms with van der Waals surface area (Å²) in [5, 5.41) is 12.8. The second-order valence-corrected chi connectivity index (χ2v) is 13.9. The van der Waals surface area contributed by atoms with Gasteiger partial charge in [0.25, 0.3) is 26.2 Å². The summed E-state index contributed by atoms with van der Waals surface area (Å²) in [4.78, 5) is 58.4. The number of imidazole rings is 1. The fourth-order valence-corrected chi connectivity index (χ4v) is 7.94. The van der Waals surface area contributed by atoms with Crippen molar-refractivity contribution < 1.29 is 37.7 Å². The average Bonchev–Trinajstić information content (AvgIpc) is 3.79. The number of rotatable bonds is 15. The molecule has 272 valence electrons. The van der Waals surface area contributed by atoms with E-state index in [1.807, 2.05) is 33.8 Å². The van der Waals surface area contributed by atoms with Crippen LogP contribution >= 0.6 is 8.53 Å². The summed E-state index contributed by atoms with van der Waals surface area (Å²) in [6.45, 7) is 7.91. The molecule has 4 aromatic rings. The van der Waals surface area contributed by atoms with E-state index < -0.39 is 44.9 Å². The largest absolute Gasteiger partial charge is 0.374 e. The van der Waals surface area contributed by atoms with Crippen LogP contribution in [0.3, 0.4) is 0 Å². The number of nitriles is 1. The Morgan fingerprint density at radius 3 is 2.31 bits per heavy atom. The zero-order chi connectivity index (χ0) is 36.9. The minimum Gasteiger partial charge on any atom is -0.374 e. The van der Waals surface area contributed by atoms with Crippen LogP contribution in [0.5, 0.6) is 0 Å². The predicted octanol–water partition coefficient (Wildman–Crippen LogP) is 4.88. The van der Waals surface area contributed by atoms with Gasteiger partial charge < -0.3 is 23.8 Å². The SMILES string of the molecule is CO[C@@H]1[C@H](OP(OCCC#N)N(C(C)C)C(C)C)[C@@H](CON2C(=O)c3ccccc3C2=O)O[C@H]1n1cnc2c(NC(=O)c3ccccc3)ncnc21. The summed E-state index contributed by atoms with van der Waals surface area (Å²) in [7, 11) is -0.283. The van der Waals surface area contributed by atoms with E-state index >= 15 is 0 Å². The van der Waals surface area contributed by atoms with Crippen molar-refractivity contribution in [3.8, 4) is 6.07 Å². The average molecular weight is 731 g/mol. The molecule has 0 bridgehead atoms. The highest BCUT2D eigenvalue weighted by molar-refractivity contribution is 7.44. The third kappa shape index (κ3) is 7.43. The fourth-order valence-electron chi connectivity index (χ4n) is 6.17. The molecule has 2 aliphatic heterocycles. The number of hydrogen-bond donors (Lipinski definition) is 1. The Balaban J connectivity index is 1.32. The highest BCUT2D eigenvalue weighted by Gasteiger charge is 2.51. The van der Waals surface area contributed by atoms with E-state index in [0.717, 1.165) is 5.06 Å². The van der Waals surface area contributed by atoms with E-state index in [-0.39, 0.29) is 54.6 Å². The number of methoxy groups -OCH3 is 1. The number of carbonyl (C=O) groups is 3. The molecule has 0 saturated carbocycles. The predicted molar refractivity (Wildman–Crippen MR) is 187 cm³/mol.